The Morgan fingerprint density at radius 2 is 2.32 bits per heavy atom. The monoisotopic (exact) mass is 325 g/mol. The minimum atomic E-state index is -0.245. The summed E-state index contributed by atoms with van der Waals surface area (Å²) in [5.74, 6) is 0.267. The van der Waals surface area contributed by atoms with E-state index < -0.39 is 0 Å². The number of nitrogens with two attached hydrogens (primary N) is 1. The quantitative estimate of drug-likeness (QED) is 0.217. The third-order valence-corrected chi connectivity index (χ3v) is 2.57. The molecule has 4 N–H and O–H groups in total. The zero-order valence-electron chi connectivity index (χ0n) is 12.2. The molecule has 0 atom stereocenters. The van der Waals surface area contributed by atoms with Gasteiger partial charge in [-0.15, -0.1) is 0 Å². The van der Waals surface area contributed by atoms with Crippen molar-refractivity contribution >= 4 is 29.5 Å². The fourth-order valence-corrected chi connectivity index (χ4v) is 1.58. The minimum absolute atomic E-state index is 0.0105. The van der Waals surface area contributed by atoms with E-state index in [1.54, 1.807) is 19.1 Å². The molecule has 0 aromatic heterocycles. The molecule has 0 aliphatic carbocycles. The second kappa shape index (κ2) is 9.56. The van der Waals surface area contributed by atoms with Crippen molar-refractivity contribution in [2.75, 3.05) is 13.2 Å². The van der Waals surface area contributed by atoms with Crippen LogP contribution < -0.4 is 15.9 Å². The SMILES string of the molecule is CCOC(=O)CCCOc1ccc(C=NNC(N)=S)c(O)c1. The number of rotatable bonds is 8. The molecule has 0 radical (unpaired) electrons. The Morgan fingerprint density at radius 1 is 1.55 bits per heavy atom. The highest BCUT2D eigenvalue weighted by molar-refractivity contribution is 7.80. The average Bonchev–Trinajstić information content (AvgIpc) is 2.46. The highest BCUT2D eigenvalue weighted by Crippen LogP contribution is 2.22. The fraction of sp³-hybridized carbons (Fsp3) is 0.357. The second-order valence-corrected chi connectivity index (χ2v) is 4.65. The van der Waals surface area contributed by atoms with Crippen molar-refractivity contribution in [3.05, 3.63) is 23.8 Å². The molecule has 120 valence electrons. The maximum atomic E-state index is 11.1. The number of phenols is 1. The number of hydrogen-bond donors (Lipinski definition) is 3. The molecular formula is C14H19N3O4S. The minimum Gasteiger partial charge on any atom is -0.507 e. The van der Waals surface area contributed by atoms with Crippen LogP contribution in [0, 0.1) is 0 Å². The molecule has 0 unspecified atom stereocenters. The molecular weight excluding hydrogens is 306 g/mol. The van der Waals surface area contributed by atoms with Crippen molar-refractivity contribution in [2.24, 2.45) is 10.8 Å². The molecule has 0 fully saturated rings. The van der Waals surface area contributed by atoms with E-state index in [9.17, 15) is 9.90 Å². The van der Waals surface area contributed by atoms with E-state index in [4.69, 9.17) is 15.2 Å². The number of phenolic OH excluding ortho intramolecular Hbond substituents is 1. The lowest BCUT2D eigenvalue weighted by Crippen LogP contribution is -2.23. The molecule has 1 rings (SSSR count). The van der Waals surface area contributed by atoms with E-state index in [2.05, 4.69) is 22.7 Å². The van der Waals surface area contributed by atoms with Gasteiger partial charge in [0.2, 0.25) is 0 Å². The van der Waals surface area contributed by atoms with Crippen LogP contribution in [0.4, 0.5) is 0 Å². The Balaban J connectivity index is 2.43. The van der Waals surface area contributed by atoms with Gasteiger partial charge in [-0.25, -0.2) is 0 Å². The molecule has 0 heterocycles. The van der Waals surface area contributed by atoms with Gasteiger partial charge in [-0.2, -0.15) is 5.10 Å². The Kier molecular flexibility index (Phi) is 7.69. The molecule has 8 heteroatoms. The van der Waals surface area contributed by atoms with Gasteiger partial charge in [0.15, 0.2) is 5.11 Å². The standard InChI is InChI=1S/C14H19N3O4S/c1-2-20-13(19)4-3-7-21-11-6-5-10(12(18)8-11)9-16-17-14(15)22/h5-6,8-9,18H,2-4,7H2,1H3,(H3,15,17,22). The molecule has 0 spiro atoms. The topological polar surface area (TPSA) is 106 Å². The van der Waals surface area contributed by atoms with Crippen LogP contribution in [0.1, 0.15) is 25.3 Å². The number of aromatic hydroxyl groups is 1. The van der Waals surface area contributed by atoms with E-state index in [-0.39, 0.29) is 16.8 Å². The Hall–Kier alpha value is -2.35. The highest BCUT2D eigenvalue weighted by Gasteiger charge is 2.04. The van der Waals surface area contributed by atoms with Crippen LogP contribution in [0.15, 0.2) is 23.3 Å². The molecule has 22 heavy (non-hydrogen) atoms. The van der Waals surface area contributed by atoms with Gasteiger partial charge in [-0.1, -0.05) is 0 Å². The van der Waals surface area contributed by atoms with Gasteiger partial charge < -0.3 is 20.3 Å². The highest BCUT2D eigenvalue weighted by atomic mass is 32.1. The molecule has 0 amide bonds. The summed E-state index contributed by atoms with van der Waals surface area (Å²) < 4.78 is 10.3. The number of nitrogens with one attached hydrogen (secondary N) is 1. The van der Waals surface area contributed by atoms with Gasteiger partial charge in [-0.05, 0) is 37.7 Å². The van der Waals surface area contributed by atoms with Crippen LogP contribution in [0.2, 0.25) is 0 Å². The number of esters is 1. The summed E-state index contributed by atoms with van der Waals surface area (Å²) >= 11 is 4.60. The predicted octanol–water partition coefficient (Wildman–Crippen LogP) is 1.28. The summed E-state index contributed by atoms with van der Waals surface area (Å²) in [6.45, 7) is 2.49. The first-order valence-electron chi connectivity index (χ1n) is 6.73. The zero-order chi connectivity index (χ0) is 16.4. The van der Waals surface area contributed by atoms with Gasteiger partial charge >= 0.3 is 5.97 Å². The van der Waals surface area contributed by atoms with Crippen LogP contribution in [-0.4, -0.2) is 35.6 Å². The van der Waals surface area contributed by atoms with Gasteiger partial charge in [0.1, 0.15) is 11.5 Å². The maximum Gasteiger partial charge on any atom is 0.305 e. The largest absolute Gasteiger partial charge is 0.507 e. The number of carbonyl (C=O) groups excluding carboxylic acids is 1. The summed E-state index contributed by atoms with van der Waals surface area (Å²) in [6, 6.07) is 4.79. The van der Waals surface area contributed by atoms with E-state index in [0.29, 0.717) is 37.4 Å². The fourth-order valence-electron chi connectivity index (χ4n) is 1.53. The number of thiocarbonyl (C=S) groups is 1. The van der Waals surface area contributed by atoms with Crippen molar-refractivity contribution < 1.29 is 19.4 Å². The summed E-state index contributed by atoms with van der Waals surface area (Å²) in [5, 5.41) is 13.6. The van der Waals surface area contributed by atoms with Crippen molar-refractivity contribution in [3.63, 3.8) is 0 Å². The first-order valence-corrected chi connectivity index (χ1v) is 7.13. The number of carbonyl (C=O) groups is 1. The molecule has 0 aliphatic rings. The first kappa shape index (κ1) is 17.7. The van der Waals surface area contributed by atoms with Crippen LogP contribution in [0.5, 0.6) is 11.5 Å². The van der Waals surface area contributed by atoms with Crippen molar-refractivity contribution in [1.82, 2.24) is 5.43 Å². The van der Waals surface area contributed by atoms with E-state index in [0.717, 1.165) is 0 Å². The number of ether oxygens (including phenoxy) is 2. The Labute approximate surface area is 134 Å². The van der Waals surface area contributed by atoms with Crippen LogP contribution in [0.3, 0.4) is 0 Å². The summed E-state index contributed by atoms with van der Waals surface area (Å²) in [5.41, 5.74) is 8.10. The van der Waals surface area contributed by atoms with Crippen LogP contribution >= 0.6 is 12.2 Å². The van der Waals surface area contributed by atoms with Crippen LogP contribution in [-0.2, 0) is 9.53 Å². The van der Waals surface area contributed by atoms with Crippen LogP contribution in [0.25, 0.3) is 0 Å². The van der Waals surface area contributed by atoms with E-state index >= 15 is 0 Å². The molecule has 1 aromatic carbocycles. The van der Waals surface area contributed by atoms with E-state index in [1.165, 1.54) is 12.3 Å². The lowest BCUT2D eigenvalue weighted by Gasteiger charge is -2.07. The number of nitrogens with zero attached hydrogens (tertiary/aromatic N) is 1. The summed E-state index contributed by atoms with van der Waals surface area (Å²) in [7, 11) is 0. The number of hydrazone groups is 1. The molecule has 0 saturated carbocycles. The zero-order valence-corrected chi connectivity index (χ0v) is 13.1. The van der Waals surface area contributed by atoms with Crippen molar-refractivity contribution in [1.29, 1.82) is 0 Å². The number of hydrogen-bond acceptors (Lipinski definition) is 6. The predicted molar refractivity (Wildman–Crippen MR) is 87.0 cm³/mol. The van der Waals surface area contributed by atoms with Gasteiger partial charge in [0.25, 0.3) is 0 Å². The Morgan fingerprint density at radius 3 is 2.95 bits per heavy atom. The summed E-state index contributed by atoms with van der Waals surface area (Å²) in [4.78, 5) is 11.1. The summed E-state index contributed by atoms with van der Waals surface area (Å²) in [6.07, 6.45) is 2.23. The smallest absolute Gasteiger partial charge is 0.305 e. The van der Waals surface area contributed by atoms with Gasteiger partial charge in [-0.3, -0.25) is 10.2 Å². The normalized spacial score (nSPS) is 10.4. The third kappa shape index (κ3) is 6.89. The molecule has 0 bridgehead atoms. The first-order chi connectivity index (χ1) is 10.5. The lowest BCUT2D eigenvalue weighted by molar-refractivity contribution is -0.143. The van der Waals surface area contributed by atoms with E-state index in [1.807, 2.05) is 0 Å². The molecule has 0 aliphatic heterocycles. The Bertz CT molecular complexity index is 549. The average molecular weight is 325 g/mol. The van der Waals surface area contributed by atoms with Gasteiger partial charge in [0.05, 0.1) is 19.4 Å². The van der Waals surface area contributed by atoms with Crippen molar-refractivity contribution in [3.8, 4) is 11.5 Å². The molecule has 7 nitrogen and oxygen atoms in total. The second-order valence-electron chi connectivity index (χ2n) is 4.21. The molecule has 1 aromatic rings. The number of benzene rings is 1. The van der Waals surface area contributed by atoms with Gasteiger partial charge in [0, 0.05) is 18.1 Å². The lowest BCUT2D eigenvalue weighted by atomic mass is 10.2. The third-order valence-electron chi connectivity index (χ3n) is 2.48. The van der Waals surface area contributed by atoms with Crippen molar-refractivity contribution in [2.45, 2.75) is 19.8 Å². The molecule has 0 saturated heterocycles. The maximum absolute atomic E-state index is 11.1.